The molecule has 0 aromatic carbocycles. The van der Waals surface area contributed by atoms with Gasteiger partial charge in [-0.3, -0.25) is 4.99 Å². The van der Waals surface area contributed by atoms with Gasteiger partial charge in [-0.2, -0.15) is 11.8 Å². The van der Waals surface area contributed by atoms with Crippen LogP contribution in [0.4, 0.5) is 4.79 Å². The van der Waals surface area contributed by atoms with Gasteiger partial charge in [0.1, 0.15) is 5.60 Å². The number of carbonyl (C=O) groups excluding carboxylic acids is 1. The predicted molar refractivity (Wildman–Crippen MR) is 105 cm³/mol. The molecule has 0 spiro atoms. The van der Waals surface area contributed by atoms with Crippen LogP contribution in [0.25, 0.3) is 0 Å². The van der Waals surface area contributed by atoms with Gasteiger partial charge in [-0.05, 0) is 33.4 Å². The van der Waals surface area contributed by atoms with Gasteiger partial charge in [0.2, 0.25) is 0 Å². The first kappa shape index (κ1) is 21.6. The number of halogens is 1. The van der Waals surface area contributed by atoms with E-state index in [2.05, 4.69) is 26.8 Å². The van der Waals surface area contributed by atoms with Crippen molar-refractivity contribution in [2.75, 3.05) is 38.7 Å². The molecular weight excluding hydrogens is 415 g/mol. The van der Waals surface area contributed by atoms with Crippen LogP contribution in [0.15, 0.2) is 4.99 Å². The van der Waals surface area contributed by atoms with E-state index in [0.29, 0.717) is 0 Å². The monoisotopic (exact) mass is 444 g/mol. The standard InChI is InChI=1S/C14H28N4O2S.HI/c1-14(2,3)20-13(19)17-11-6-8-18(10-11)12(15-4)16-7-9-21-5;/h11H,6-10H2,1-5H3,(H,15,16)(H,17,19);1H. The molecule has 6 nitrogen and oxygen atoms in total. The summed E-state index contributed by atoms with van der Waals surface area (Å²) in [6.07, 6.45) is 2.64. The number of amides is 1. The van der Waals surface area contributed by atoms with Gasteiger partial charge in [-0.25, -0.2) is 4.79 Å². The summed E-state index contributed by atoms with van der Waals surface area (Å²) in [5.41, 5.74) is -0.461. The van der Waals surface area contributed by atoms with E-state index >= 15 is 0 Å². The van der Waals surface area contributed by atoms with Crippen LogP contribution in [0, 0.1) is 0 Å². The SMILES string of the molecule is CN=C(NCCSC)N1CCC(NC(=O)OC(C)(C)C)C1.I. The van der Waals surface area contributed by atoms with Crippen LogP contribution in [0.2, 0.25) is 0 Å². The third-order valence-corrected chi connectivity index (χ3v) is 3.62. The number of carbonyl (C=O) groups is 1. The van der Waals surface area contributed by atoms with Crippen molar-refractivity contribution in [2.24, 2.45) is 4.99 Å². The molecule has 1 aliphatic heterocycles. The third-order valence-electron chi connectivity index (χ3n) is 3.01. The second-order valence-electron chi connectivity index (χ2n) is 6.04. The van der Waals surface area contributed by atoms with Crippen LogP contribution in [0.3, 0.4) is 0 Å². The average Bonchev–Trinajstić information content (AvgIpc) is 2.80. The maximum absolute atomic E-state index is 11.8. The molecule has 8 heteroatoms. The van der Waals surface area contributed by atoms with Crippen LogP contribution in [-0.4, -0.2) is 67.3 Å². The minimum Gasteiger partial charge on any atom is -0.444 e. The zero-order chi connectivity index (χ0) is 15.9. The Labute approximate surface area is 155 Å². The van der Waals surface area contributed by atoms with Gasteiger partial charge in [-0.15, -0.1) is 24.0 Å². The summed E-state index contributed by atoms with van der Waals surface area (Å²) in [5, 5.41) is 6.26. The zero-order valence-electron chi connectivity index (χ0n) is 14.1. The van der Waals surface area contributed by atoms with E-state index in [1.165, 1.54) is 0 Å². The van der Waals surface area contributed by atoms with Crippen molar-refractivity contribution in [3.63, 3.8) is 0 Å². The number of alkyl carbamates (subject to hydrolysis) is 1. The summed E-state index contributed by atoms with van der Waals surface area (Å²) in [6, 6.07) is 0.110. The lowest BCUT2D eigenvalue weighted by Crippen LogP contribution is -2.44. The van der Waals surface area contributed by atoms with Crippen LogP contribution in [0.1, 0.15) is 27.2 Å². The predicted octanol–water partition coefficient (Wildman–Crippen LogP) is 2.14. The number of likely N-dealkylation sites (tertiary alicyclic amines) is 1. The van der Waals surface area contributed by atoms with Crippen molar-refractivity contribution in [3.05, 3.63) is 0 Å². The van der Waals surface area contributed by atoms with Crippen molar-refractivity contribution in [2.45, 2.75) is 38.8 Å². The number of nitrogens with zero attached hydrogens (tertiary/aromatic N) is 2. The molecule has 1 amide bonds. The number of guanidine groups is 1. The largest absolute Gasteiger partial charge is 0.444 e. The molecule has 1 fully saturated rings. The van der Waals surface area contributed by atoms with Gasteiger partial charge in [0.25, 0.3) is 0 Å². The molecule has 0 bridgehead atoms. The van der Waals surface area contributed by atoms with Crippen molar-refractivity contribution in [1.82, 2.24) is 15.5 Å². The second kappa shape index (κ2) is 10.4. The van der Waals surface area contributed by atoms with Gasteiger partial charge in [-0.1, -0.05) is 0 Å². The topological polar surface area (TPSA) is 66.0 Å². The number of nitrogens with one attached hydrogen (secondary N) is 2. The van der Waals surface area contributed by atoms with E-state index in [1.54, 1.807) is 18.8 Å². The molecule has 22 heavy (non-hydrogen) atoms. The molecular formula is C14H29IN4O2S. The van der Waals surface area contributed by atoms with Crippen molar-refractivity contribution in [1.29, 1.82) is 0 Å². The Balaban J connectivity index is 0.00000441. The van der Waals surface area contributed by atoms with Crippen LogP contribution < -0.4 is 10.6 Å². The molecule has 130 valence electrons. The highest BCUT2D eigenvalue weighted by Gasteiger charge is 2.27. The molecule has 0 saturated carbocycles. The highest BCUT2D eigenvalue weighted by molar-refractivity contribution is 14.0. The molecule has 1 atom stereocenters. The molecule has 1 aliphatic rings. The summed E-state index contributed by atoms with van der Waals surface area (Å²) >= 11 is 1.80. The second-order valence-corrected chi connectivity index (χ2v) is 7.03. The Morgan fingerprint density at radius 3 is 2.68 bits per heavy atom. The van der Waals surface area contributed by atoms with Crippen LogP contribution >= 0.6 is 35.7 Å². The smallest absolute Gasteiger partial charge is 0.407 e. The van der Waals surface area contributed by atoms with Gasteiger partial charge >= 0.3 is 6.09 Å². The number of ether oxygens (including phenoxy) is 1. The Morgan fingerprint density at radius 1 is 1.45 bits per heavy atom. The summed E-state index contributed by atoms with van der Waals surface area (Å²) in [7, 11) is 1.79. The average molecular weight is 444 g/mol. The van der Waals surface area contributed by atoms with E-state index in [1.807, 2.05) is 20.8 Å². The molecule has 0 aromatic heterocycles. The summed E-state index contributed by atoms with van der Waals surface area (Å²) in [4.78, 5) is 18.2. The molecule has 1 rings (SSSR count). The van der Waals surface area contributed by atoms with Gasteiger partial charge in [0.05, 0.1) is 6.04 Å². The highest BCUT2D eigenvalue weighted by Crippen LogP contribution is 2.11. The fourth-order valence-electron chi connectivity index (χ4n) is 2.14. The summed E-state index contributed by atoms with van der Waals surface area (Å²) in [6.45, 7) is 8.15. The maximum atomic E-state index is 11.8. The number of thioether (sulfide) groups is 1. The van der Waals surface area contributed by atoms with Crippen LogP contribution in [-0.2, 0) is 4.74 Å². The Bertz CT molecular complexity index is 374. The first-order chi connectivity index (χ1) is 9.85. The van der Waals surface area contributed by atoms with E-state index < -0.39 is 5.60 Å². The van der Waals surface area contributed by atoms with E-state index in [9.17, 15) is 4.79 Å². The lowest BCUT2D eigenvalue weighted by molar-refractivity contribution is 0.0507. The van der Waals surface area contributed by atoms with Gasteiger partial charge < -0.3 is 20.3 Å². The number of rotatable bonds is 4. The van der Waals surface area contributed by atoms with E-state index in [-0.39, 0.29) is 36.1 Å². The molecule has 2 N–H and O–H groups in total. The minimum absolute atomic E-state index is 0. The zero-order valence-corrected chi connectivity index (χ0v) is 17.3. The molecule has 0 radical (unpaired) electrons. The summed E-state index contributed by atoms with van der Waals surface area (Å²) < 4.78 is 5.28. The molecule has 1 saturated heterocycles. The quantitative estimate of drug-likeness (QED) is 0.301. The number of hydrogen-bond donors (Lipinski definition) is 2. The number of hydrogen-bond acceptors (Lipinski definition) is 4. The Hall–Kier alpha value is -0.380. The van der Waals surface area contributed by atoms with Crippen molar-refractivity contribution >= 4 is 47.8 Å². The van der Waals surface area contributed by atoms with Gasteiger partial charge in [0, 0.05) is 32.4 Å². The summed E-state index contributed by atoms with van der Waals surface area (Å²) in [5.74, 6) is 1.95. The van der Waals surface area contributed by atoms with Crippen molar-refractivity contribution < 1.29 is 9.53 Å². The maximum Gasteiger partial charge on any atom is 0.407 e. The minimum atomic E-state index is -0.461. The lowest BCUT2D eigenvalue weighted by Gasteiger charge is -2.23. The van der Waals surface area contributed by atoms with E-state index in [0.717, 1.165) is 37.8 Å². The Morgan fingerprint density at radius 2 is 2.14 bits per heavy atom. The highest BCUT2D eigenvalue weighted by atomic mass is 127. The molecule has 1 heterocycles. The lowest BCUT2D eigenvalue weighted by atomic mass is 10.2. The first-order valence-corrected chi connectivity index (χ1v) is 8.69. The fourth-order valence-corrected chi connectivity index (χ4v) is 2.45. The van der Waals surface area contributed by atoms with Crippen LogP contribution in [0.5, 0.6) is 0 Å². The molecule has 0 aliphatic carbocycles. The Kier molecular flexibility index (Phi) is 10.2. The van der Waals surface area contributed by atoms with Crippen molar-refractivity contribution in [3.8, 4) is 0 Å². The normalized spacial score (nSPS) is 18.7. The molecule has 0 aromatic rings. The molecule has 1 unspecified atom stereocenters. The van der Waals surface area contributed by atoms with Gasteiger partial charge in [0.15, 0.2) is 5.96 Å². The van der Waals surface area contributed by atoms with E-state index in [4.69, 9.17) is 4.74 Å². The number of aliphatic imine (C=N–C) groups is 1. The first-order valence-electron chi connectivity index (χ1n) is 7.29. The fraction of sp³-hybridized carbons (Fsp3) is 0.857. The third kappa shape index (κ3) is 8.30.